The van der Waals surface area contributed by atoms with Gasteiger partial charge in [-0.25, -0.2) is 0 Å². The van der Waals surface area contributed by atoms with Gasteiger partial charge in [-0.1, -0.05) is 323 Å². The smallest absolute Gasteiger partial charge is 0.0414 e. The Bertz CT molecular complexity index is 564. The molecule has 0 spiro atoms. The third-order valence-corrected chi connectivity index (χ3v) is 12.2. The Kier molecular flexibility index (Phi) is 48.0. The third kappa shape index (κ3) is 48.0. The van der Waals surface area contributed by atoms with Crippen LogP contribution in [-0.2, 0) is 0 Å². The Morgan fingerprint density at radius 1 is 0.196 bits per heavy atom. The molecule has 51 heavy (non-hydrogen) atoms. The Morgan fingerprint density at radius 3 is 0.451 bits per heavy atom. The van der Waals surface area contributed by atoms with Crippen molar-refractivity contribution in [1.29, 1.82) is 0 Å². The average Bonchev–Trinajstić information content (AvgIpc) is 3.14. The Balaban J connectivity index is 3.14. The highest BCUT2D eigenvalue weighted by atomic mass is 14.1. The van der Waals surface area contributed by atoms with Crippen molar-refractivity contribution < 1.29 is 0 Å². The van der Waals surface area contributed by atoms with Crippen LogP contribution in [-0.4, -0.2) is 0 Å². The molecule has 0 heteroatoms. The molecule has 0 saturated carbocycles. The first-order valence-corrected chi connectivity index (χ1v) is 25.1. The molecule has 0 amide bonds. The fraction of sp³-hybridized carbons (Fsp3) is 0.980. The van der Waals surface area contributed by atoms with Crippen LogP contribution in [0.5, 0.6) is 0 Å². The van der Waals surface area contributed by atoms with E-state index in [-0.39, 0.29) is 0 Å². The van der Waals surface area contributed by atoms with Crippen molar-refractivity contribution in [2.75, 3.05) is 0 Å². The molecule has 0 bridgehead atoms. The van der Waals surface area contributed by atoms with Gasteiger partial charge < -0.3 is 0 Å². The van der Waals surface area contributed by atoms with Crippen molar-refractivity contribution in [3.05, 3.63) is 6.92 Å². The van der Waals surface area contributed by atoms with Gasteiger partial charge in [-0.2, -0.15) is 0 Å². The minimum atomic E-state index is 0.713. The average molecular weight is 716 g/mol. The normalized spacial score (nSPS) is 12.3. The van der Waals surface area contributed by atoms with Gasteiger partial charge in [0.1, 0.15) is 0 Å². The summed E-state index contributed by atoms with van der Waals surface area (Å²) in [4.78, 5) is 0. The van der Waals surface area contributed by atoms with E-state index in [1.807, 2.05) is 0 Å². The molecule has 0 N–H and O–H groups in total. The summed E-state index contributed by atoms with van der Waals surface area (Å²) in [5, 5.41) is 0. The van der Waals surface area contributed by atoms with Crippen LogP contribution in [0.3, 0.4) is 0 Å². The maximum atomic E-state index is 4.49. The molecule has 0 aliphatic rings. The lowest BCUT2D eigenvalue weighted by molar-refractivity contribution is 0.459. The van der Waals surface area contributed by atoms with Crippen LogP contribution in [0.1, 0.15) is 316 Å². The highest BCUT2D eigenvalue weighted by Crippen LogP contribution is 2.20. The van der Waals surface area contributed by atoms with Gasteiger partial charge in [0.15, 0.2) is 0 Å². The van der Waals surface area contributed by atoms with Gasteiger partial charge >= 0.3 is 0 Å². The van der Waals surface area contributed by atoms with E-state index >= 15 is 0 Å². The summed E-state index contributed by atoms with van der Waals surface area (Å²) in [6, 6.07) is 0. The molecular formula is C51H103. The van der Waals surface area contributed by atoms with Gasteiger partial charge in [0.25, 0.3) is 0 Å². The largest absolute Gasteiger partial charge is 0.0654 e. The maximum absolute atomic E-state index is 4.49. The summed E-state index contributed by atoms with van der Waals surface area (Å²) in [7, 11) is 0. The summed E-state index contributed by atoms with van der Waals surface area (Å²) >= 11 is 0. The molecule has 0 aromatic carbocycles. The molecule has 0 fully saturated rings. The Hall–Kier alpha value is 0. The lowest BCUT2D eigenvalue weighted by Crippen LogP contribution is -1.95. The van der Waals surface area contributed by atoms with E-state index in [1.165, 1.54) is 302 Å². The topological polar surface area (TPSA) is 0 Å². The minimum Gasteiger partial charge on any atom is -0.0654 e. The molecule has 0 heterocycles. The molecule has 1 radical (unpaired) electrons. The van der Waals surface area contributed by atoms with Gasteiger partial charge in [-0.05, 0) is 5.92 Å². The molecule has 0 aromatic heterocycles. The van der Waals surface area contributed by atoms with Crippen LogP contribution in [0.2, 0.25) is 0 Å². The van der Waals surface area contributed by atoms with E-state index in [0.717, 1.165) is 0 Å². The molecular weight excluding hydrogens is 613 g/mol. The van der Waals surface area contributed by atoms with Crippen LogP contribution in [0.15, 0.2) is 0 Å². The zero-order valence-corrected chi connectivity index (χ0v) is 36.5. The molecule has 0 rings (SSSR count). The van der Waals surface area contributed by atoms with Crippen LogP contribution in [0.4, 0.5) is 0 Å². The van der Waals surface area contributed by atoms with Crippen LogP contribution < -0.4 is 0 Å². The van der Waals surface area contributed by atoms with Crippen molar-refractivity contribution in [3.8, 4) is 0 Å². The molecule has 0 aliphatic heterocycles. The first-order chi connectivity index (χ1) is 25.3. The third-order valence-electron chi connectivity index (χ3n) is 12.2. The summed E-state index contributed by atoms with van der Waals surface area (Å²) in [5.74, 6) is 0.713. The fourth-order valence-electron chi connectivity index (χ4n) is 8.40. The number of hydrogen-bond donors (Lipinski definition) is 0. The highest BCUT2D eigenvalue weighted by Gasteiger charge is 2.03. The lowest BCUT2D eigenvalue weighted by Gasteiger charge is -2.11. The molecule has 0 saturated heterocycles. The van der Waals surface area contributed by atoms with E-state index in [9.17, 15) is 0 Å². The monoisotopic (exact) mass is 716 g/mol. The van der Waals surface area contributed by atoms with Crippen LogP contribution in [0, 0.1) is 12.8 Å². The summed E-state index contributed by atoms with van der Waals surface area (Å²) in [5.41, 5.74) is 0. The quantitative estimate of drug-likeness (QED) is 0.0550. The zero-order chi connectivity index (χ0) is 36.8. The predicted molar refractivity (Wildman–Crippen MR) is 237 cm³/mol. The molecule has 0 aliphatic carbocycles. The molecule has 0 aromatic rings. The Morgan fingerprint density at radius 2 is 0.314 bits per heavy atom. The van der Waals surface area contributed by atoms with Gasteiger partial charge in [-0.15, -0.1) is 0 Å². The molecule has 0 nitrogen and oxygen atoms in total. The fourth-order valence-corrected chi connectivity index (χ4v) is 8.40. The van der Waals surface area contributed by atoms with Crippen molar-refractivity contribution in [3.63, 3.8) is 0 Å². The van der Waals surface area contributed by atoms with Gasteiger partial charge in [0, 0.05) is 0 Å². The first-order valence-electron chi connectivity index (χ1n) is 25.1. The maximum Gasteiger partial charge on any atom is -0.0414 e. The molecule has 307 valence electrons. The SMILES string of the molecule is [CH2]C(CCCCCCCCCCCCCCCCCCCCCCC)CCCCCCCCCCCCCCCCCCCCCCCCCC. The summed E-state index contributed by atoms with van der Waals surface area (Å²) < 4.78 is 0. The second-order valence-electron chi connectivity index (χ2n) is 17.6. The second kappa shape index (κ2) is 48.0. The standard InChI is InChI=1S/C51H103/c1-4-6-8-10-12-14-16-18-20-22-24-26-27-28-30-32-34-36-38-40-42-44-46-48-50-51(3)49-47-45-43-41-39-37-35-33-31-29-25-23-21-19-17-15-13-11-9-7-5-2/h51H,3-50H2,1-2H3. The lowest BCUT2D eigenvalue weighted by atomic mass is 9.95. The van der Waals surface area contributed by atoms with Crippen LogP contribution >= 0.6 is 0 Å². The van der Waals surface area contributed by atoms with Crippen molar-refractivity contribution in [2.45, 2.75) is 316 Å². The highest BCUT2D eigenvalue weighted by molar-refractivity contribution is 4.62. The second-order valence-corrected chi connectivity index (χ2v) is 17.6. The molecule has 1 atom stereocenters. The summed E-state index contributed by atoms with van der Waals surface area (Å²) in [6.45, 7) is 9.11. The van der Waals surface area contributed by atoms with Gasteiger partial charge in [0.05, 0.1) is 0 Å². The van der Waals surface area contributed by atoms with E-state index in [2.05, 4.69) is 20.8 Å². The number of rotatable bonds is 47. The number of hydrogen-bond acceptors (Lipinski definition) is 0. The van der Waals surface area contributed by atoms with E-state index in [0.29, 0.717) is 5.92 Å². The van der Waals surface area contributed by atoms with Gasteiger partial charge in [0.2, 0.25) is 0 Å². The molecule has 1 unspecified atom stereocenters. The first kappa shape index (κ1) is 51.0. The van der Waals surface area contributed by atoms with Crippen molar-refractivity contribution >= 4 is 0 Å². The predicted octanol–water partition coefficient (Wildman–Crippen LogP) is 19.8. The van der Waals surface area contributed by atoms with Crippen molar-refractivity contribution in [1.82, 2.24) is 0 Å². The number of unbranched alkanes of at least 4 members (excludes halogenated alkanes) is 43. The van der Waals surface area contributed by atoms with Crippen molar-refractivity contribution in [2.24, 2.45) is 5.92 Å². The van der Waals surface area contributed by atoms with E-state index in [1.54, 1.807) is 0 Å². The minimum absolute atomic E-state index is 0.713. The van der Waals surface area contributed by atoms with E-state index < -0.39 is 0 Å². The zero-order valence-electron chi connectivity index (χ0n) is 36.5. The Labute approximate surface area is 327 Å². The summed E-state index contributed by atoms with van der Waals surface area (Å²) in [6.07, 6.45) is 69.0. The van der Waals surface area contributed by atoms with Crippen LogP contribution in [0.25, 0.3) is 0 Å². The van der Waals surface area contributed by atoms with Gasteiger partial charge in [-0.3, -0.25) is 0 Å². The van der Waals surface area contributed by atoms with E-state index in [4.69, 9.17) is 0 Å².